The lowest BCUT2D eigenvalue weighted by molar-refractivity contribution is -0.131. The lowest BCUT2D eigenvalue weighted by Gasteiger charge is -2.23. The maximum absolute atomic E-state index is 12.4. The van der Waals surface area contributed by atoms with Crippen molar-refractivity contribution in [3.05, 3.63) is 42.5 Å². The van der Waals surface area contributed by atoms with Crippen molar-refractivity contribution in [3.63, 3.8) is 0 Å². The second-order valence-electron chi connectivity index (χ2n) is 6.14. The third-order valence-electron chi connectivity index (χ3n) is 4.45. The first-order chi connectivity index (χ1) is 12.3. The van der Waals surface area contributed by atoms with Crippen molar-refractivity contribution in [1.29, 1.82) is 5.26 Å². The van der Waals surface area contributed by atoms with Crippen LogP contribution in [-0.4, -0.2) is 51.8 Å². The Balaban J connectivity index is 1.48. The summed E-state index contributed by atoms with van der Waals surface area (Å²) in [6.45, 7) is 4.00. The molecule has 7 heteroatoms. The minimum atomic E-state index is 0.210. The number of hydrogen-bond acceptors (Lipinski definition) is 5. The van der Waals surface area contributed by atoms with Crippen molar-refractivity contribution in [2.24, 2.45) is 0 Å². The zero-order chi connectivity index (χ0) is 17.5. The van der Waals surface area contributed by atoms with Crippen LogP contribution in [0, 0.1) is 11.3 Å². The average molecular weight is 338 g/mol. The van der Waals surface area contributed by atoms with Crippen LogP contribution in [0.4, 0.5) is 5.69 Å². The van der Waals surface area contributed by atoms with E-state index in [1.807, 2.05) is 29.2 Å². The molecule has 0 bridgehead atoms. The lowest BCUT2D eigenvalue weighted by Crippen LogP contribution is -2.35. The van der Waals surface area contributed by atoms with E-state index in [0.29, 0.717) is 12.0 Å². The van der Waals surface area contributed by atoms with Crippen LogP contribution in [-0.2, 0) is 11.3 Å². The zero-order valence-electron chi connectivity index (χ0n) is 14.2. The van der Waals surface area contributed by atoms with Crippen LogP contribution in [0.1, 0.15) is 24.8 Å². The third-order valence-corrected chi connectivity index (χ3v) is 4.45. The topological polar surface area (TPSA) is 78.0 Å². The summed E-state index contributed by atoms with van der Waals surface area (Å²) in [5, 5.41) is 12.9. The van der Waals surface area contributed by atoms with Crippen molar-refractivity contribution < 1.29 is 4.79 Å². The molecule has 0 saturated carbocycles. The maximum atomic E-state index is 12.4. The second-order valence-corrected chi connectivity index (χ2v) is 6.14. The zero-order valence-corrected chi connectivity index (χ0v) is 14.2. The molecule has 1 amide bonds. The predicted molar refractivity (Wildman–Crippen MR) is 93.8 cm³/mol. The van der Waals surface area contributed by atoms with Gasteiger partial charge in [-0.3, -0.25) is 9.48 Å². The number of carbonyl (C=O) groups is 1. The molecule has 25 heavy (non-hydrogen) atoms. The standard InChI is InChI=1S/C18H22N6O/c19-13-16-4-6-17(7-5-16)22-8-2-9-23(12-11-22)18(25)3-1-10-24-15-20-14-21-24/h4-7,14-15H,1-3,8-12H2. The van der Waals surface area contributed by atoms with Crippen molar-refractivity contribution >= 4 is 11.6 Å². The summed E-state index contributed by atoms with van der Waals surface area (Å²) in [6, 6.07) is 9.78. The Hall–Kier alpha value is -2.88. The fourth-order valence-corrected chi connectivity index (χ4v) is 3.07. The fourth-order valence-electron chi connectivity index (χ4n) is 3.07. The summed E-state index contributed by atoms with van der Waals surface area (Å²) in [5.41, 5.74) is 1.78. The van der Waals surface area contributed by atoms with E-state index in [1.54, 1.807) is 11.0 Å². The van der Waals surface area contributed by atoms with E-state index in [1.165, 1.54) is 6.33 Å². The highest BCUT2D eigenvalue weighted by molar-refractivity contribution is 5.76. The molecule has 1 aromatic carbocycles. The molecule has 3 rings (SSSR count). The number of aromatic nitrogens is 3. The first kappa shape index (κ1) is 17.0. The highest BCUT2D eigenvalue weighted by atomic mass is 16.2. The molecule has 0 atom stereocenters. The van der Waals surface area contributed by atoms with Gasteiger partial charge in [0.05, 0.1) is 11.6 Å². The van der Waals surface area contributed by atoms with Gasteiger partial charge in [-0.25, -0.2) is 4.98 Å². The van der Waals surface area contributed by atoms with E-state index in [4.69, 9.17) is 5.26 Å². The van der Waals surface area contributed by atoms with Gasteiger partial charge in [0.2, 0.25) is 5.91 Å². The first-order valence-corrected chi connectivity index (χ1v) is 8.61. The molecule has 1 fully saturated rings. The number of amides is 1. The van der Waals surface area contributed by atoms with Crippen LogP contribution in [0.25, 0.3) is 0 Å². The van der Waals surface area contributed by atoms with E-state index >= 15 is 0 Å². The SMILES string of the molecule is N#Cc1ccc(N2CCCN(C(=O)CCCn3cncn3)CC2)cc1. The highest BCUT2D eigenvalue weighted by Gasteiger charge is 2.19. The molecule has 0 radical (unpaired) electrons. The first-order valence-electron chi connectivity index (χ1n) is 8.61. The van der Waals surface area contributed by atoms with Crippen molar-refractivity contribution in [2.45, 2.75) is 25.8 Å². The number of hydrogen-bond donors (Lipinski definition) is 0. The molecule has 1 saturated heterocycles. The fraction of sp³-hybridized carbons (Fsp3) is 0.444. The molecule has 2 aromatic rings. The van der Waals surface area contributed by atoms with Crippen LogP contribution in [0.2, 0.25) is 0 Å². The van der Waals surface area contributed by atoms with Crippen LogP contribution in [0.5, 0.6) is 0 Å². The minimum absolute atomic E-state index is 0.210. The Bertz CT molecular complexity index is 719. The van der Waals surface area contributed by atoms with Crippen LogP contribution in [0.15, 0.2) is 36.9 Å². The van der Waals surface area contributed by atoms with Gasteiger partial charge >= 0.3 is 0 Å². The Morgan fingerprint density at radius 3 is 2.72 bits per heavy atom. The summed E-state index contributed by atoms with van der Waals surface area (Å²) in [4.78, 5) is 20.6. The van der Waals surface area contributed by atoms with E-state index in [-0.39, 0.29) is 5.91 Å². The van der Waals surface area contributed by atoms with Crippen molar-refractivity contribution in [1.82, 2.24) is 19.7 Å². The quantitative estimate of drug-likeness (QED) is 0.829. The summed E-state index contributed by atoms with van der Waals surface area (Å²) < 4.78 is 1.75. The molecule has 1 aliphatic rings. The molecule has 0 spiro atoms. The van der Waals surface area contributed by atoms with Gasteiger partial charge in [0, 0.05) is 44.8 Å². The number of carbonyl (C=O) groups excluding carboxylic acids is 1. The Morgan fingerprint density at radius 2 is 2.00 bits per heavy atom. The van der Waals surface area contributed by atoms with Gasteiger partial charge < -0.3 is 9.80 Å². The van der Waals surface area contributed by atoms with Gasteiger partial charge in [0.25, 0.3) is 0 Å². The Labute approximate surface area is 147 Å². The molecule has 1 aliphatic heterocycles. The molecule has 7 nitrogen and oxygen atoms in total. The van der Waals surface area contributed by atoms with Crippen molar-refractivity contribution in [3.8, 4) is 6.07 Å². The largest absolute Gasteiger partial charge is 0.370 e. The van der Waals surface area contributed by atoms with Gasteiger partial charge in [0.1, 0.15) is 12.7 Å². The number of anilines is 1. The van der Waals surface area contributed by atoms with Gasteiger partial charge in [-0.2, -0.15) is 10.4 Å². The average Bonchev–Trinajstić information content (AvgIpc) is 3.04. The molecular weight excluding hydrogens is 316 g/mol. The van der Waals surface area contributed by atoms with Gasteiger partial charge in [0.15, 0.2) is 0 Å². The second kappa shape index (κ2) is 8.29. The highest BCUT2D eigenvalue weighted by Crippen LogP contribution is 2.17. The molecule has 0 aliphatic carbocycles. The molecule has 0 N–H and O–H groups in total. The number of benzene rings is 1. The van der Waals surface area contributed by atoms with Crippen LogP contribution >= 0.6 is 0 Å². The lowest BCUT2D eigenvalue weighted by atomic mass is 10.2. The third kappa shape index (κ3) is 4.57. The Morgan fingerprint density at radius 1 is 1.16 bits per heavy atom. The van der Waals surface area contributed by atoms with E-state index < -0.39 is 0 Å². The van der Waals surface area contributed by atoms with Crippen LogP contribution < -0.4 is 4.90 Å². The van der Waals surface area contributed by atoms with Crippen molar-refractivity contribution in [2.75, 3.05) is 31.1 Å². The van der Waals surface area contributed by atoms with Gasteiger partial charge in [-0.15, -0.1) is 0 Å². The molecule has 130 valence electrons. The number of nitrogens with zero attached hydrogens (tertiary/aromatic N) is 6. The number of rotatable bonds is 5. The Kier molecular flexibility index (Phi) is 5.62. The van der Waals surface area contributed by atoms with Crippen LogP contribution in [0.3, 0.4) is 0 Å². The normalized spacial score (nSPS) is 14.8. The maximum Gasteiger partial charge on any atom is 0.222 e. The molecule has 1 aromatic heterocycles. The summed E-state index contributed by atoms with van der Waals surface area (Å²) in [5.74, 6) is 0.210. The van der Waals surface area contributed by atoms with E-state index in [9.17, 15) is 4.79 Å². The summed E-state index contributed by atoms with van der Waals surface area (Å²) in [7, 11) is 0. The minimum Gasteiger partial charge on any atom is -0.370 e. The molecule has 2 heterocycles. The van der Waals surface area contributed by atoms with E-state index in [2.05, 4.69) is 21.1 Å². The molecular formula is C18H22N6O. The molecule has 0 unspecified atom stereocenters. The predicted octanol–water partition coefficient (Wildman–Crippen LogP) is 1.67. The smallest absolute Gasteiger partial charge is 0.222 e. The summed E-state index contributed by atoms with van der Waals surface area (Å²) >= 11 is 0. The number of aryl methyl sites for hydroxylation is 1. The monoisotopic (exact) mass is 338 g/mol. The number of nitriles is 1. The van der Waals surface area contributed by atoms with Gasteiger partial charge in [-0.1, -0.05) is 0 Å². The van der Waals surface area contributed by atoms with E-state index in [0.717, 1.165) is 51.3 Å². The summed E-state index contributed by atoms with van der Waals surface area (Å²) in [6.07, 6.45) is 5.45. The van der Waals surface area contributed by atoms with Gasteiger partial charge in [-0.05, 0) is 37.1 Å².